The number of nitrogens with one attached hydrogen (secondary N) is 1. The summed E-state index contributed by atoms with van der Waals surface area (Å²) in [4.78, 5) is -0.266. The number of sulfonamides is 1. The normalized spacial score (nSPS) is 14.4. The van der Waals surface area contributed by atoms with Crippen molar-refractivity contribution in [3.8, 4) is 0 Å². The second kappa shape index (κ2) is 5.96. The van der Waals surface area contributed by atoms with E-state index in [-0.39, 0.29) is 14.4 Å². The minimum absolute atomic E-state index is 0.259. The van der Waals surface area contributed by atoms with Crippen LogP contribution in [0.25, 0.3) is 0 Å². The van der Waals surface area contributed by atoms with Gasteiger partial charge in [0, 0.05) is 11.0 Å². The molecule has 1 unspecified atom stereocenters. The van der Waals surface area contributed by atoms with E-state index in [0.29, 0.717) is 0 Å². The molecule has 0 heterocycles. The van der Waals surface area contributed by atoms with Crippen molar-refractivity contribution in [2.75, 3.05) is 6.54 Å². The summed E-state index contributed by atoms with van der Waals surface area (Å²) >= 11 is 8.66. The zero-order valence-corrected chi connectivity index (χ0v) is 12.2. The van der Waals surface area contributed by atoms with Crippen molar-refractivity contribution in [3.63, 3.8) is 0 Å². The third-order valence-corrected chi connectivity index (χ3v) is 4.68. The molecular formula is C9H8BrClF3NO3S. The average Bonchev–Trinajstić information content (AvgIpc) is 2.28. The van der Waals surface area contributed by atoms with E-state index in [2.05, 4.69) is 15.9 Å². The molecule has 0 amide bonds. The van der Waals surface area contributed by atoms with E-state index in [0.717, 1.165) is 12.1 Å². The van der Waals surface area contributed by atoms with Crippen LogP contribution in [0.1, 0.15) is 0 Å². The molecule has 10 heteroatoms. The van der Waals surface area contributed by atoms with E-state index in [9.17, 15) is 21.6 Å². The monoisotopic (exact) mass is 381 g/mol. The summed E-state index contributed by atoms with van der Waals surface area (Å²) in [6.07, 6.45) is -7.65. The van der Waals surface area contributed by atoms with Gasteiger partial charge in [0.15, 0.2) is 6.10 Å². The lowest BCUT2D eigenvalue weighted by Gasteiger charge is -2.15. The van der Waals surface area contributed by atoms with Gasteiger partial charge in [0.25, 0.3) is 0 Å². The van der Waals surface area contributed by atoms with Crippen LogP contribution < -0.4 is 4.72 Å². The zero-order chi connectivity index (χ0) is 14.8. The Morgan fingerprint density at radius 3 is 2.47 bits per heavy atom. The molecule has 0 aromatic heterocycles. The first kappa shape index (κ1) is 16.7. The van der Waals surface area contributed by atoms with Gasteiger partial charge in [-0.05, 0) is 34.1 Å². The van der Waals surface area contributed by atoms with Gasteiger partial charge in [0.2, 0.25) is 10.0 Å². The maximum absolute atomic E-state index is 12.0. The molecule has 2 N–H and O–H groups in total. The molecule has 108 valence electrons. The Kier molecular flexibility index (Phi) is 5.24. The summed E-state index contributed by atoms with van der Waals surface area (Å²) in [5.41, 5.74) is 0. The topological polar surface area (TPSA) is 66.4 Å². The number of rotatable bonds is 4. The molecule has 0 radical (unpaired) electrons. The number of hydrogen-bond donors (Lipinski definition) is 2. The van der Waals surface area contributed by atoms with Crippen molar-refractivity contribution in [1.82, 2.24) is 4.72 Å². The van der Waals surface area contributed by atoms with Crippen LogP contribution >= 0.6 is 27.5 Å². The smallest absolute Gasteiger partial charge is 0.382 e. The van der Waals surface area contributed by atoms with Crippen LogP contribution in [0.4, 0.5) is 13.2 Å². The zero-order valence-electron chi connectivity index (χ0n) is 9.08. The molecule has 0 fully saturated rings. The van der Waals surface area contributed by atoms with Crippen LogP contribution in [0.3, 0.4) is 0 Å². The summed E-state index contributed by atoms with van der Waals surface area (Å²) in [6.45, 7) is -1.16. The number of aliphatic hydroxyl groups excluding tert-OH is 1. The molecule has 4 nitrogen and oxygen atoms in total. The molecule has 0 bridgehead atoms. The third-order valence-electron chi connectivity index (χ3n) is 2.05. The van der Waals surface area contributed by atoms with Crippen molar-refractivity contribution in [2.24, 2.45) is 0 Å². The lowest BCUT2D eigenvalue weighted by Crippen LogP contribution is -2.40. The van der Waals surface area contributed by atoms with E-state index in [1.54, 1.807) is 4.72 Å². The lowest BCUT2D eigenvalue weighted by atomic mass is 10.4. The number of halogens is 5. The standard InChI is InChI=1S/C9H8BrClF3NO3S/c10-6-3-5(1-2-7(6)11)19(17,18)15-4-8(16)9(12,13)14/h1-3,8,15-16H,4H2. The van der Waals surface area contributed by atoms with Gasteiger partial charge in [-0.1, -0.05) is 11.6 Å². The largest absolute Gasteiger partial charge is 0.415 e. The molecule has 0 spiro atoms. The molecule has 1 aromatic rings. The van der Waals surface area contributed by atoms with Crippen LogP contribution in [0.2, 0.25) is 5.02 Å². The summed E-state index contributed by atoms with van der Waals surface area (Å²) in [7, 11) is -4.15. The Morgan fingerprint density at radius 1 is 1.42 bits per heavy atom. The highest BCUT2D eigenvalue weighted by Crippen LogP contribution is 2.25. The fraction of sp³-hybridized carbons (Fsp3) is 0.333. The molecule has 19 heavy (non-hydrogen) atoms. The van der Waals surface area contributed by atoms with Crippen LogP contribution in [-0.2, 0) is 10.0 Å². The predicted octanol–water partition coefficient (Wildman–Crippen LogP) is 2.30. The van der Waals surface area contributed by atoms with E-state index in [1.165, 1.54) is 6.07 Å². The van der Waals surface area contributed by atoms with Gasteiger partial charge in [-0.15, -0.1) is 0 Å². The second-order valence-corrected chi connectivity index (χ2v) is 6.51. The first-order valence-corrected chi connectivity index (χ1v) is 7.39. The van der Waals surface area contributed by atoms with Gasteiger partial charge in [-0.2, -0.15) is 13.2 Å². The Morgan fingerprint density at radius 2 is 2.00 bits per heavy atom. The number of alkyl halides is 3. The first-order valence-electron chi connectivity index (χ1n) is 4.73. The molecule has 1 rings (SSSR count). The highest BCUT2D eigenvalue weighted by molar-refractivity contribution is 9.10. The number of aliphatic hydroxyl groups is 1. The van der Waals surface area contributed by atoms with Gasteiger partial charge < -0.3 is 5.11 Å². The van der Waals surface area contributed by atoms with Crippen molar-refractivity contribution >= 4 is 37.6 Å². The Balaban J connectivity index is 2.85. The van der Waals surface area contributed by atoms with Crippen LogP contribution in [-0.4, -0.2) is 32.3 Å². The second-order valence-electron chi connectivity index (χ2n) is 3.49. The van der Waals surface area contributed by atoms with E-state index < -0.39 is 28.8 Å². The first-order chi connectivity index (χ1) is 8.54. The van der Waals surface area contributed by atoms with Crippen LogP contribution in [0.5, 0.6) is 0 Å². The fourth-order valence-corrected chi connectivity index (χ4v) is 2.74. The average molecular weight is 383 g/mol. The third kappa shape index (κ3) is 4.60. The Bertz CT molecular complexity index is 564. The molecule has 0 aliphatic carbocycles. The lowest BCUT2D eigenvalue weighted by molar-refractivity contribution is -0.200. The van der Waals surface area contributed by atoms with E-state index in [4.69, 9.17) is 16.7 Å². The molecule has 0 aliphatic heterocycles. The van der Waals surface area contributed by atoms with Crippen LogP contribution in [0.15, 0.2) is 27.6 Å². The SMILES string of the molecule is O=S(=O)(NCC(O)C(F)(F)F)c1ccc(Cl)c(Br)c1. The van der Waals surface area contributed by atoms with Crippen molar-refractivity contribution in [2.45, 2.75) is 17.2 Å². The molecule has 0 aliphatic rings. The maximum atomic E-state index is 12.0. The van der Waals surface area contributed by atoms with Crippen molar-refractivity contribution in [1.29, 1.82) is 0 Å². The Labute approximate surface area is 120 Å². The number of hydrogen-bond acceptors (Lipinski definition) is 3. The highest BCUT2D eigenvalue weighted by atomic mass is 79.9. The molecule has 1 aromatic carbocycles. The molecule has 1 atom stereocenters. The predicted molar refractivity (Wildman–Crippen MR) is 66.4 cm³/mol. The molecule has 0 saturated heterocycles. The quantitative estimate of drug-likeness (QED) is 0.840. The minimum atomic E-state index is -4.89. The van der Waals surface area contributed by atoms with Gasteiger partial charge in [-0.3, -0.25) is 0 Å². The summed E-state index contributed by atoms with van der Waals surface area (Å²) < 4.78 is 61.4. The summed E-state index contributed by atoms with van der Waals surface area (Å²) in [5, 5.41) is 8.97. The van der Waals surface area contributed by atoms with Crippen LogP contribution in [0, 0.1) is 0 Å². The van der Waals surface area contributed by atoms with Gasteiger partial charge in [0.05, 0.1) is 9.92 Å². The maximum Gasteiger partial charge on any atom is 0.415 e. The summed E-state index contributed by atoms with van der Waals surface area (Å²) in [6, 6.07) is 3.56. The minimum Gasteiger partial charge on any atom is -0.382 e. The van der Waals surface area contributed by atoms with Crippen molar-refractivity contribution in [3.05, 3.63) is 27.7 Å². The van der Waals surface area contributed by atoms with Crippen molar-refractivity contribution < 1.29 is 26.7 Å². The summed E-state index contributed by atoms with van der Waals surface area (Å²) in [5.74, 6) is 0. The van der Waals surface area contributed by atoms with Gasteiger partial charge in [-0.25, -0.2) is 13.1 Å². The Hall–Kier alpha value is -0.350. The fourth-order valence-electron chi connectivity index (χ4n) is 1.03. The van der Waals surface area contributed by atoms with E-state index >= 15 is 0 Å². The number of benzene rings is 1. The molecular weight excluding hydrogens is 375 g/mol. The van der Waals surface area contributed by atoms with Gasteiger partial charge in [0.1, 0.15) is 0 Å². The molecule has 0 saturated carbocycles. The van der Waals surface area contributed by atoms with Gasteiger partial charge >= 0.3 is 6.18 Å². The highest BCUT2D eigenvalue weighted by Gasteiger charge is 2.38. The van der Waals surface area contributed by atoms with E-state index in [1.807, 2.05) is 0 Å².